The normalized spacial score (nSPS) is 22.2. The average molecular weight is 263 g/mol. The number of aryl methyl sites for hydroxylation is 1. The molecule has 0 saturated heterocycles. The van der Waals surface area contributed by atoms with E-state index >= 15 is 0 Å². The van der Waals surface area contributed by atoms with Gasteiger partial charge in [0.1, 0.15) is 18.5 Å². The van der Waals surface area contributed by atoms with Crippen molar-refractivity contribution in [1.82, 2.24) is 4.90 Å². The highest BCUT2D eigenvalue weighted by molar-refractivity contribution is 5.47. The van der Waals surface area contributed by atoms with Crippen LogP contribution in [0.15, 0.2) is 12.1 Å². The third-order valence-corrected chi connectivity index (χ3v) is 4.22. The second kappa shape index (κ2) is 5.93. The second-order valence-corrected chi connectivity index (χ2v) is 5.58. The minimum Gasteiger partial charge on any atom is -0.491 e. The summed E-state index contributed by atoms with van der Waals surface area (Å²) in [7, 11) is 2.07. The van der Waals surface area contributed by atoms with Gasteiger partial charge < -0.3 is 9.84 Å². The molecule has 1 aliphatic rings. The standard InChI is InChI=1S/C16H25NO2/c1-5-6-9-17(4)14-10-19-16-12(3)11(2)7-8-13(16)15(14)18/h7-8,14-15,18H,5-6,9-10H2,1-4H3. The lowest BCUT2D eigenvalue weighted by Gasteiger charge is -2.37. The van der Waals surface area contributed by atoms with E-state index in [-0.39, 0.29) is 6.04 Å². The molecule has 0 spiro atoms. The summed E-state index contributed by atoms with van der Waals surface area (Å²) in [6, 6.07) is 4.12. The van der Waals surface area contributed by atoms with Gasteiger partial charge in [-0.1, -0.05) is 25.5 Å². The van der Waals surface area contributed by atoms with Crippen molar-refractivity contribution >= 4 is 0 Å². The fourth-order valence-electron chi connectivity index (χ4n) is 2.64. The molecule has 0 bridgehead atoms. The molecule has 2 rings (SSSR count). The first-order chi connectivity index (χ1) is 9.06. The van der Waals surface area contributed by atoms with Crippen LogP contribution >= 0.6 is 0 Å². The fourth-order valence-corrected chi connectivity index (χ4v) is 2.64. The van der Waals surface area contributed by atoms with Crippen LogP contribution in [0.3, 0.4) is 0 Å². The highest BCUT2D eigenvalue weighted by Gasteiger charge is 2.32. The number of benzene rings is 1. The van der Waals surface area contributed by atoms with Gasteiger partial charge >= 0.3 is 0 Å². The monoisotopic (exact) mass is 263 g/mol. The number of unbranched alkanes of at least 4 members (excludes halogenated alkanes) is 1. The Morgan fingerprint density at radius 3 is 2.79 bits per heavy atom. The van der Waals surface area contributed by atoms with Crippen molar-refractivity contribution in [3.63, 3.8) is 0 Å². The van der Waals surface area contributed by atoms with Gasteiger partial charge in [0.2, 0.25) is 0 Å². The first kappa shape index (κ1) is 14.4. The summed E-state index contributed by atoms with van der Waals surface area (Å²) in [5.74, 6) is 0.882. The number of rotatable bonds is 4. The Morgan fingerprint density at radius 2 is 2.11 bits per heavy atom. The molecule has 0 saturated carbocycles. The van der Waals surface area contributed by atoms with Crippen LogP contribution in [0, 0.1) is 13.8 Å². The van der Waals surface area contributed by atoms with Gasteiger partial charge in [0.25, 0.3) is 0 Å². The molecule has 2 atom stereocenters. The SMILES string of the molecule is CCCCN(C)C1COc2c(ccc(C)c2C)C1O. The number of ether oxygens (including phenoxy) is 1. The van der Waals surface area contributed by atoms with E-state index in [2.05, 4.69) is 38.8 Å². The molecule has 1 heterocycles. The van der Waals surface area contributed by atoms with E-state index in [1.54, 1.807) is 0 Å². The summed E-state index contributed by atoms with van der Waals surface area (Å²) in [6.07, 6.45) is 1.87. The molecule has 1 N–H and O–H groups in total. The van der Waals surface area contributed by atoms with Crippen molar-refractivity contribution in [2.24, 2.45) is 0 Å². The zero-order valence-electron chi connectivity index (χ0n) is 12.4. The molecule has 0 amide bonds. The average Bonchev–Trinajstić information content (AvgIpc) is 2.41. The van der Waals surface area contributed by atoms with E-state index in [9.17, 15) is 5.11 Å². The minimum absolute atomic E-state index is 0.0566. The lowest BCUT2D eigenvalue weighted by molar-refractivity contribution is 0.0143. The fraction of sp³-hybridized carbons (Fsp3) is 0.625. The number of aliphatic hydroxyl groups excluding tert-OH is 1. The van der Waals surface area contributed by atoms with E-state index in [0.717, 1.165) is 29.8 Å². The molecule has 2 unspecified atom stereocenters. The van der Waals surface area contributed by atoms with Gasteiger partial charge in [-0.2, -0.15) is 0 Å². The number of likely N-dealkylation sites (N-methyl/N-ethyl adjacent to an activating group) is 1. The van der Waals surface area contributed by atoms with Gasteiger partial charge in [-0.05, 0) is 45.0 Å². The molecule has 0 radical (unpaired) electrons. The predicted octanol–water partition coefficient (Wildman–Crippen LogP) is 2.83. The number of hydrogen-bond donors (Lipinski definition) is 1. The summed E-state index contributed by atoms with van der Waals surface area (Å²) in [5, 5.41) is 10.6. The molecule has 3 nitrogen and oxygen atoms in total. The van der Waals surface area contributed by atoms with Gasteiger partial charge in [-0.15, -0.1) is 0 Å². The molecule has 0 aromatic heterocycles. The van der Waals surface area contributed by atoms with E-state index in [1.165, 1.54) is 12.0 Å². The van der Waals surface area contributed by atoms with E-state index < -0.39 is 6.10 Å². The quantitative estimate of drug-likeness (QED) is 0.906. The van der Waals surface area contributed by atoms with E-state index in [1.807, 2.05) is 6.07 Å². The van der Waals surface area contributed by atoms with Gasteiger partial charge in [0, 0.05) is 5.56 Å². The Labute approximate surface area is 116 Å². The number of hydrogen-bond acceptors (Lipinski definition) is 3. The van der Waals surface area contributed by atoms with Crippen LogP contribution in [0.1, 0.15) is 42.6 Å². The zero-order chi connectivity index (χ0) is 14.0. The lowest BCUT2D eigenvalue weighted by atomic mass is 9.94. The minimum atomic E-state index is -0.454. The first-order valence-electron chi connectivity index (χ1n) is 7.17. The Balaban J connectivity index is 2.20. The first-order valence-corrected chi connectivity index (χ1v) is 7.17. The molecule has 0 aliphatic carbocycles. The van der Waals surface area contributed by atoms with Crippen molar-refractivity contribution in [2.75, 3.05) is 20.2 Å². The second-order valence-electron chi connectivity index (χ2n) is 5.58. The molecule has 19 heavy (non-hydrogen) atoms. The molecule has 3 heteroatoms. The van der Waals surface area contributed by atoms with Gasteiger partial charge in [-0.3, -0.25) is 4.90 Å². The molecular formula is C16H25NO2. The topological polar surface area (TPSA) is 32.7 Å². The highest BCUT2D eigenvalue weighted by atomic mass is 16.5. The van der Waals surface area contributed by atoms with Crippen molar-refractivity contribution in [3.8, 4) is 5.75 Å². The maximum Gasteiger partial charge on any atom is 0.128 e. The number of fused-ring (bicyclic) bond motifs is 1. The predicted molar refractivity (Wildman–Crippen MR) is 77.7 cm³/mol. The van der Waals surface area contributed by atoms with Crippen LogP contribution in [0.2, 0.25) is 0 Å². The summed E-state index contributed by atoms with van der Waals surface area (Å²) in [4.78, 5) is 2.21. The molecule has 106 valence electrons. The van der Waals surface area contributed by atoms with Gasteiger partial charge in [0.15, 0.2) is 0 Å². The van der Waals surface area contributed by atoms with Crippen molar-refractivity contribution in [2.45, 2.75) is 45.8 Å². The van der Waals surface area contributed by atoms with Crippen molar-refractivity contribution < 1.29 is 9.84 Å². The maximum absolute atomic E-state index is 10.6. The smallest absolute Gasteiger partial charge is 0.128 e. The van der Waals surface area contributed by atoms with Crippen LogP contribution in [0.4, 0.5) is 0 Å². The lowest BCUT2D eigenvalue weighted by Crippen LogP contribution is -2.44. The van der Waals surface area contributed by atoms with Crippen molar-refractivity contribution in [1.29, 1.82) is 0 Å². The Bertz CT molecular complexity index is 445. The van der Waals surface area contributed by atoms with E-state index in [0.29, 0.717) is 6.61 Å². The molecule has 0 fully saturated rings. The largest absolute Gasteiger partial charge is 0.491 e. The third-order valence-electron chi connectivity index (χ3n) is 4.22. The maximum atomic E-state index is 10.6. The summed E-state index contributed by atoms with van der Waals surface area (Å²) < 4.78 is 5.92. The van der Waals surface area contributed by atoms with Crippen LogP contribution < -0.4 is 4.74 Å². The van der Waals surface area contributed by atoms with Gasteiger partial charge in [0.05, 0.1) is 6.04 Å². The summed E-state index contributed by atoms with van der Waals surface area (Å²) in [6.45, 7) is 7.89. The number of nitrogens with zero attached hydrogens (tertiary/aromatic N) is 1. The summed E-state index contributed by atoms with van der Waals surface area (Å²) >= 11 is 0. The zero-order valence-corrected chi connectivity index (χ0v) is 12.4. The van der Waals surface area contributed by atoms with Gasteiger partial charge in [-0.25, -0.2) is 0 Å². The van der Waals surface area contributed by atoms with Crippen LogP contribution in [-0.4, -0.2) is 36.2 Å². The Kier molecular flexibility index (Phi) is 4.48. The number of aliphatic hydroxyl groups is 1. The van der Waals surface area contributed by atoms with E-state index in [4.69, 9.17) is 4.74 Å². The van der Waals surface area contributed by atoms with Crippen LogP contribution in [0.25, 0.3) is 0 Å². The molecule has 1 aromatic rings. The van der Waals surface area contributed by atoms with Crippen molar-refractivity contribution in [3.05, 3.63) is 28.8 Å². The van der Waals surface area contributed by atoms with Crippen LogP contribution in [0.5, 0.6) is 5.75 Å². The summed E-state index contributed by atoms with van der Waals surface area (Å²) in [5.41, 5.74) is 3.29. The Morgan fingerprint density at radius 1 is 1.37 bits per heavy atom. The molecule has 1 aliphatic heterocycles. The highest BCUT2D eigenvalue weighted by Crippen LogP contribution is 2.37. The third kappa shape index (κ3) is 2.77. The molecule has 1 aromatic carbocycles. The Hall–Kier alpha value is -1.06. The van der Waals surface area contributed by atoms with Crippen LogP contribution in [-0.2, 0) is 0 Å². The molecular weight excluding hydrogens is 238 g/mol.